The second-order valence-corrected chi connectivity index (χ2v) is 5.59. The first kappa shape index (κ1) is 18.2. The fourth-order valence-corrected chi connectivity index (χ4v) is 2.41. The monoisotopic (exact) mass is 348 g/mol. The third-order valence-corrected chi connectivity index (χ3v) is 3.90. The first-order valence-corrected chi connectivity index (χ1v) is 7.56. The van der Waals surface area contributed by atoms with Crippen LogP contribution in [-0.2, 0) is 6.42 Å². The highest BCUT2D eigenvalue weighted by Gasteiger charge is 2.15. The molecule has 0 radical (unpaired) electrons. The number of hydrogen-bond donors (Lipinski definition) is 1. The summed E-state index contributed by atoms with van der Waals surface area (Å²) >= 11 is 0. The predicted octanol–water partition coefficient (Wildman–Crippen LogP) is 3.17. The molecular weight excluding hydrogens is 328 g/mol. The number of benzene rings is 1. The Morgan fingerprint density at radius 1 is 1.25 bits per heavy atom. The highest BCUT2D eigenvalue weighted by molar-refractivity contribution is 5.85. The highest BCUT2D eigenvalue weighted by Crippen LogP contribution is 2.27. The first-order valence-electron chi connectivity index (χ1n) is 7.56. The van der Waals surface area contributed by atoms with Crippen LogP contribution in [0.15, 0.2) is 28.8 Å². The molecule has 0 aliphatic carbocycles. The van der Waals surface area contributed by atoms with Gasteiger partial charge in [0.25, 0.3) is 5.89 Å². The van der Waals surface area contributed by atoms with Crippen LogP contribution in [0.5, 0.6) is 5.75 Å². The number of halogens is 1. The molecule has 1 unspecified atom stereocenters. The molecule has 0 saturated heterocycles. The molecule has 0 saturated carbocycles. The molecule has 7 heteroatoms. The molecule has 3 aromatic rings. The second-order valence-electron chi connectivity index (χ2n) is 5.59. The summed E-state index contributed by atoms with van der Waals surface area (Å²) in [6.45, 7) is 4.01. The number of methoxy groups -OCH3 is 1. The van der Waals surface area contributed by atoms with Gasteiger partial charge in [0.1, 0.15) is 5.75 Å². The predicted molar refractivity (Wildman–Crippen MR) is 95.8 cm³/mol. The summed E-state index contributed by atoms with van der Waals surface area (Å²) in [7, 11) is 3.56. The van der Waals surface area contributed by atoms with Gasteiger partial charge in [0.15, 0.2) is 5.82 Å². The van der Waals surface area contributed by atoms with Gasteiger partial charge in [-0.05, 0) is 39.1 Å². The molecule has 2 heterocycles. The van der Waals surface area contributed by atoms with Crippen molar-refractivity contribution in [3.05, 3.63) is 35.8 Å². The van der Waals surface area contributed by atoms with Crippen LogP contribution in [0, 0.1) is 6.92 Å². The van der Waals surface area contributed by atoms with Crippen molar-refractivity contribution >= 4 is 23.3 Å². The maximum atomic E-state index is 5.42. The van der Waals surface area contributed by atoms with E-state index in [2.05, 4.69) is 27.4 Å². The summed E-state index contributed by atoms with van der Waals surface area (Å²) < 4.78 is 10.7. The Morgan fingerprint density at radius 2 is 2.04 bits per heavy atom. The number of aromatic nitrogens is 3. The van der Waals surface area contributed by atoms with Crippen molar-refractivity contribution in [3.8, 4) is 17.2 Å². The molecule has 1 N–H and O–H groups in total. The Hall–Kier alpha value is -2.18. The van der Waals surface area contributed by atoms with Gasteiger partial charge in [0.2, 0.25) is 0 Å². The van der Waals surface area contributed by atoms with E-state index in [1.54, 1.807) is 7.11 Å². The van der Waals surface area contributed by atoms with Crippen LogP contribution in [0.2, 0.25) is 0 Å². The smallest absolute Gasteiger partial charge is 0.259 e. The van der Waals surface area contributed by atoms with E-state index < -0.39 is 0 Å². The van der Waals surface area contributed by atoms with Crippen LogP contribution in [0.3, 0.4) is 0 Å². The van der Waals surface area contributed by atoms with Crippen molar-refractivity contribution in [1.82, 2.24) is 20.4 Å². The normalized spacial score (nSPS) is 12.0. The minimum Gasteiger partial charge on any atom is -0.497 e. The van der Waals surface area contributed by atoms with Gasteiger partial charge >= 0.3 is 0 Å². The zero-order valence-corrected chi connectivity index (χ0v) is 15.0. The van der Waals surface area contributed by atoms with Crippen molar-refractivity contribution < 1.29 is 9.26 Å². The van der Waals surface area contributed by atoms with E-state index in [1.165, 1.54) is 0 Å². The average Bonchev–Trinajstić information content (AvgIpc) is 3.01. The zero-order chi connectivity index (χ0) is 16.4. The van der Waals surface area contributed by atoms with E-state index in [0.717, 1.165) is 34.3 Å². The van der Waals surface area contributed by atoms with Gasteiger partial charge < -0.3 is 14.6 Å². The SMILES string of the molecule is CNC(C)Cc1noc(-c2cc3ccc(OC)cc3nc2C)n1.Cl. The molecule has 3 rings (SSSR count). The lowest BCUT2D eigenvalue weighted by Crippen LogP contribution is -2.24. The molecule has 6 nitrogen and oxygen atoms in total. The quantitative estimate of drug-likeness (QED) is 0.763. The van der Waals surface area contributed by atoms with Crippen molar-refractivity contribution in [2.45, 2.75) is 26.3 Å². The fourth-order valence-electron chi connectivity index (χ4n) is 2.41. The number of ether oxygens (including phenoxy) is 1. The van der Waals surface area contributed by atoms with Gasteiger partial charge in [0, 0.05) is 23.9 Å². The zero-order valence-electron chi connectivity index (χ0n) is 14.2. The van der Waals surface area contributed by atoms with Crippen LogP contribution < -0.4 is 10.1 Å². The molecular formula is C17H21ClN4O2. The Labute approximate surface area is 147 Å². The van der Waals surface area contributed by atoms with Crippen LogP contribution in [0.1, 0.15) is 18.4 Å². The highest BCUT2D eigenvalue weighted by atomic mass is 35.5. The molecule has 0 aliphatic rings. The minimum atomic E-state index is 0. The van der Waals surface area contributed by atoms with Crippen molar-refractivity contribution in [1.29, 1.82) is 0 Å². The average molecular weight is 349 g/mol. The van der Waals surface area contributed by atoms with Gasteiger partial charge in [0.05, 0.1) is 23.9 Å². The van der Waals surface area contributed by atoms with Crippen molar-refractivity contribution in [2.75, 3.05) is 14.2 Å². The number of pyridine rings is 1. The van der Waals surface area contributed by atoms with Crippen LogP contribution in [-0.4, -0.2) is 35.3 Å². The number of likely N-dealkylation sites (N-methyl/N-ethyl adjacent to an activating group) is 1. The van der Waals surface area contributed by atoms with Crippen LogP contribution in [0.25, 0.3) is 22.4 Å². The number of hydrogen-bond acceptors (Lipinski definition) is 6. The number of fused-ring (bicyclic) bond motifs is 1. The largest absolute Gasteiger partial charge is 0.497 e. The molecule has 128 valence electrons. The van der Waals surface area contributed by atoms with Gasteiger partial charge in [-0.25, -0.2) is 0 Å². The minimum absolute atomic E-state index is 0. The van der Waals surface area contributed by atoms with Gasteiger partial charge in [-0.3, -0.25) is 4.98 Å². The fraction of sp³-hybridized carbons (Fsp3) is 0.353. The van der Waals surface area contributed by atoms with E-state index in [-0.39, 0.29) is 12.4 Å². The second kappa shape index (κ2) is 7.59. The topological polar surface area (TPSA) is 73.1 Å². The number of nitrogens with one attached hydrogen (secondary N) is 1. The van der Waals surface area contributed by atoms with Crippen LogP contribution >= 0.6 is 12.4 Å². The molecule has 0 fully saturated rings. The molecule has 0 aliphatic heterocycles. The van der Waals surface area contributed by atoms with Crippen molar-refractivity contribution in [3.63, 3.8) is 0 Å². The Morgan fingerprint density at radius 3 is 2.75 bits per heavy atom. The van der Waals surface area contributed by atoms with Gasteiger partial charge in [-0.2, -0.15) is 4.98 Å². The van der Waals surface area contributed by atoms with Gasteiger partial charge in [-0.15, -0.1) is 12.4 Å². The third-order valence-electron chi connectivity index (χ3n) is 3.90. The summed E-state index contributed by atoms with van der Waals surface area (Å²) in [4.78, 5) is 9.11. The number of aryl methyl sites for hydroxylation is 1. The Kier molecular flexibility index (Phi) is 5.75. The molecule has 1 atom stereocenters. The van der Waals surface area contributed by atoms with E-state index >= 15 is 0 Å². The summed E-state index contributed by atoms with van der Waals surface area (Å²) in [6.07, 6.45) is 0.720. The third kappa shape index (κ3) is 3.66. The molecule has 24 heavy (non-hydrogen) atoms. The lowest BCUT2D eigenvalue weighted by Gasteiger charge is -2.06. The molecule has 1 aromatic carbocycles. The Bertz CT molecular complexity index is 835. The summed E-state index contributed by atoms with van der Waals surface area (Å²) in [5.74, 6) is 1.99. The van der Waals surface area contributed by atoms with E-state index in [9.17, 15) is 0 Å². The first-order chi connectivity index (χ1) is 11.1. The summed E-state index contributed by atoms with van der Waals surface area (Å²) in [5, 5.41) is 8.23. The maximum absolute atomic E-state index is 5.42. The number of rotatable bonds is 5. The van der Waals surface area contributed by atoms with Gasteiger partial charge in [-0.1, -0.05) is 5.16 Å². The molecule has 0 amide bonds. The number of nitrogens with zero attached hydrogens (tertiary/aromatic N) is 3. The molecule has 0 spiro atoms. The maximum Gasteiger partial charge on any atom is 0.259 e. The van der Waals surface area contributed by atoms with E-state index in [0.29, 0.717) is 17.8 Å². The summed E-state index contributed by atoms with van der Waals surface area (Å²) in [6, 6.07) is 8.13. The Balaban J connectivity index is 0.00000208. The lowest BCUT2D eigenvalue weighted by molar-refractivity contribution is 0.415. The van der Waals surface area contributed by atoms with Crippen molar-refractivity contribution in [2.24, 2.45) is 0 Å². The van der Waals surface area contributed by atoms with Crippen LogP contribution in [0.4, 0.5) is 0 Å². The van der Waals surface area contributed by atoms with E-state index in [1.807, 2.05) is 38.2 Å². The molecule has 0 bridgehead atoms. The summed E-state index contributed by atoms with van der Waals surface area (Å²) in [5.41, 5.74) is 2.59. The molecule has 2 aromatic heterocycles. The standard InChI is InChI=1S/C17H20N4O2.ClH/c1-10(18-3)7-16-20-17(23-21-16)14-8-12-5-6-13(22-4)9-15(12)19-11(14)2;/h5-6,8-10,18H,7H2,1-4H3;1H. The lowest BCUT2D eigenvalue weighted by atomic mass is 10.1. The van der Waals surface area contributed by atoms with E-state index in [4.69, 9.17) is 9.26 Å².